The minimum atomic E-state index is -0.0950. The number of nitrogens with zero attached hydrogens (tertiary/aromatic N) is 2. The quantitative estimate of drug-likeness (QED) is 0.750. The molecular formula is C14H12N4O. The molecule has 0 spiro atoms. The lowest BCUT2D eigenvalue weighted by atomic mass is 10.2. The highest BCUT2D eigenvalue weighted by molar-refractivity contribution is 6.00. The van der Waals surface area contributed by atoms with Gasteiger partial charge in [0.15, 0.2) is 0 Å². The van der Waals surface area contributed by atoms with Crippen LogP contribution in [0, 0.1) is 0 Å². The van der Waals surface area contributed by atoms with Crippen LogP contribution in [0.4, 0.5) is 5.69 Å². The number of para-hydroxylation sites is 1. The number of rotatable bonds is 3. The Kier molecular flexibility index (Phi) is 2.94. The molecule has 0 atom stereocenters. The van der Waals surface area contributed by atoms with Gasteiger partial charge < -0.3 is 5.32 Å². The lowest BCUT2D eigenvalue weighted by Gasteiger charge is -2.07. The third-order valence-electron chi connectivity index (χ3n) is 2.82. The van der Waals surface area contributed by atoms with E-state index in [0.29, 0.717) is 0 Å². The van der Waals surface area contributed by atoms with E-state index < -0.39 is 0 Å². The molecule has 0 bridgehead atoms. The Morgan fingerprint density at radius 3 is 2.89 bits per heavy atom. The van der Waals surface area contributed by atoms with Gasteiger partial charge in [0.05, 0.1) is 17.6 Å². The Bertz CT molecular complexity index is 701. The molecule has 0 unspecified atom stereocenters. The fourth-order valence-corrected chi connectivity index (χ4v) is 1.96. The number of carbonyl (C=O) groups excluding carboxylic acids is 1. The third-order valence-corrected chi connectivity index (χ3v) is 2.82. The average molecular weight is 252 g/mol. The summed E-state index contributed by atoms with van der Waals surface area (Å²) in [6.07, 6.45) is 3.61. The van der Waals surface area contributed by atoms with Crippen molar-refractivity contribution in [3.63, 3.8) is 0 Å². The standard InChI is InChI=1S/C14H12N4O/c19-13(9-11-6-8-16-18-11)17-12-5-1-3-10-4-2-7-15-14(10)12/h1-8H,9H2,(H,16,18)(H,17,19). The van der Waals surface area contributed by atoms with Crippen LogP contribution in [0.1, 0.15) is 5.69 Å². The largest absolute Gasteiger partial charge is 0.324 e. The molecule has 0 aliphatic carbocycles. The van der Waals surface area contributed by atoms with E-state index in [1.807, 2.05) is 30.3 Å². The van der Waals surface area contributed by atoms with Gasteiger partial charge in [-0.2, -0.15) is 5.10 Å². The van der Waals surface area contributed by atoms with Crippen molar-refractivity contribution in [2.45, 2.75) is 6.42 Å². The molecule has 0 saturated carbocycles. The summed E-state index contributed by atoms with van der Waals surface area (Å²) in [4.78, 5) is 16.2. The van der Waals surface area contributed by atoms with Crippen LogP contribution in [-0.2, 0) is 11.2 Å². The summed E-state index contributed by atoms with van der Waals surface area (Å²) in [7, 11) is 0. The van der Waals surface area contributed by atoms with Gasteiger partial charge in [-0.1, -0.05) is 18.2 Å². The zero-order valence-corrected chi connectivity index (χ0v) is 10.1. The molecule has 2 aromatic heterocycles. The van der Waals surface area contributed by atoms with E-state index in [1.165, 1.54) is 0 Å². The highest BCUT2D eigenvalue weighted by Crippen LogP contribution is 2.20. The molecule has 1 amide bonds. The summed E-state index contributed by atoms with van der Waals surface area (Å²) in [6.45, 7) is 0. The molecule has 2 N–H and O–H groups in total. The normalized spacial score (nSPS) is 10.5. The van der Waals surface area contributed by atoms with Crippen molar-refractivity contribution in [2.75, 3.05) is 5.32 Å². The van der Waals surface area contributed by atoms with E-state index in [1.54, 1.807) is 18.5 Å². The first-order valence-electron chi connectivity index (χ1n) is 5.95. The lowest BCUT2D eigenvalue weighted by Crippen LogP contribution is -2.15. The van der Waals surface area contributed by atoms with E-state index in [0.717, 1.165) is 22.3 Å². The number of benzene rings is 1. The van der Waals surface area contributed by atoms with E-state index in [-0.39, 0.29) is 12.3 Å². The Hall–Kier alpha value is -2.69. The van der Waals surface area contributed by atoms with Crippen molar-refractivity contribution < 1.29 is 4.79 Å². The lowest BCUT2D eigenvalue weighted by molar-refractivity contribution is -0.115. The first-order chi connectivity index (χ1) is 9.33. The van der Waals surface area contributed by atoms with Crippen LogP contribution >= 0.6 is 0 Å². The molecule has 5 heteroatoms. The highest BCUT2D eigenvalue weighted by Gasteiger charge is 2.07. The fraction of sp³-hybridized carbons (Fsp3) is 0.0714. The Morgan fingerprint density at radius 2 is 2.05 bits per heavy atom. The second-order valence-electron chi connectivity index (χ2n) is 4.19. The minimum absolute atomic E-state index is 0.0950. The van der Waals surface area contributed by atoms with Gasteiger partial charge in [0, 0.05) is 23.5 Å². The molecule has 0 saturated heterocycles. The van der Waals surface area contributed by atoms with Gasteiger partial charge in [-0.25, -0.2) is 0 Å². The molecule has 2 heterocycles. The molecule has 19 heavy (non-hydrogen) atoms. The average Bonchev–Trinajstić information content (AvgIpc) is 2.92. The first kappa shape index (κ1) is 11.4. The van der Waals surface area contributed by atoms with Crippen molar-refractivity contribution in [1.29, 1.82) is 0 Å². The number of pyridine rings is 1. The molecule has 5 nitrogen and oxygen atoms in total. The molecule has 94 valence electrons. The molecule has 0 aliphatic heterocycles. The van der Waals surface area contributed by atoms with Gasteiger partial charge in [0.1, 0.15) is 0 Å². The number of anilines is 1. The molecule has 3 aromatic rings. The van der Waals surface area contributed by atoms with Gasteiger partial charge in [-0.3, -0.25) is 14.9 Å². The van der Waals surface area contributed by atoms with Crippen LogP contribution < -0.4 is 5.32 Å². The summed E-state index contributed by atoms with van der Waals surface area (Å²) < 4.78 is 0. The van der Waals surface area contributed by atoms with Gasteiger partial charge in [-0.05, 0) is 18.2 Å². The van der Waals surface area contributed by atoms with Crippen LogP contribution in [0.2, 0.25) is 0 Å². The van der Waals surface area contributed by atoms with Crippen LogP contribution in [-0.4, -0.2) is 21.1 Å². The minimum Gasteiger partial charge on any atom is -0.324 e. The number of hydrogen-bond donors (Lipinski definition) is 2. The van der Waals surface area contributed by atoms with Gasteiger partial charge in [0.25, 0.3) is 0 Å². The maximum absolute atomic E-state index is 11.9. The molecular weight excluding hydrogens is 240 g/mol. The predicted molar refractivity (Wildman–Crippen MR) is 72.7 cm³/mol. The number of carbonyl (C=O) groups is 1. The van der Waals surface area contributed by atoms with Crippen molar-refractivity contribution in [1.82, 2.24) is 15.2 Å². The monoisotopic (exact) mass is 252 g/mol. The van der Waals surface area contributed by atoms with Crippen molar-refractivity contribution in [2.24, 2.45) is 0 Å². The number of aromatic amines is 1. The number of amides is 1. The van der Waals surface area contributed by atoms with E-state index >= 15 is 0 Å². The van der Waals surface area contributed by atoms with Crippen molar-refractivity contribution >= 4 is 22.5 Å². The number of nitrogens with one attached hydrogen (secondary N) is 2. The fourth-order valence-electron chi connectivity index (χ4n) is 1.96. The third kappa shape index (κ3) is 2.44. The topological polar surface area (TPSA) is 70.7 Å². The second-order valence-corrected chi connectivity index (χ2v) is 4.19. The summed E-state index contributed by atoms with van der Waals surface area (Å²) in [5.74, 6) is -0.0950. The molecule has 0 fully saturated rings. The number of H-pyrrole nitrogens is 1. The van der Waals surface area contributed by atoms with Crippen LogP contribution in [0.25, 0.3) is 10.9 Å². The summed E-state index contributed by atoms with van der Waals surface area (Å²) in [5.41, 5.74) is 2.30. The molecule has 0 radical (unpaired) electrons. The Labute approximate surface area is 109 Å². The SMILES string of the molecule is O=C(Cc1ccn[nH]1)Nc1cccc2cccnc12. The zero-order valence-electron chi connectivity index (χ0n) is 10.1. The van der Waals surface area contributed by atoms with E-state index in [4.69, 9.17) is 0 Å². The zero-order chi connectivity index (χ0) is 13.1. The molecule has 1 aromatic carbocycles. The maximum atomic E-state index is 11.9. The van der Waals surface area contributed by atoms with E-state index in [9.17, 15) is 4.79 Å². The van der Waals surface area contributed by atoms with Crippen molar-refractivity contribution in [3.8, 4) is 0 Å². The van der Waals surface area contributed by atoms with Gasteiger partial charge in [-0.15, -0.1) is 0 Å². The van der Waals surface area contributed by atoms with Crippen LogP contribution in [0.5, 0.6) is 0 Å². The Morgan fingerprint density at radius 1 is 1.16 bits per heavy atom. The van der Waals surface area contributed by atoms with Crippen LogP contribution in [0.15, 0.2) is 48.8 Å². The smallest absolute Gasteiger partial charge is 0.230 e. The summed E-state index contributed by atoms with van der Waals surface area (Å²) >= 11 is 0. The summed E-state index contributed by atoms with van der Waals surface area (Å²) in [6, 6.07) is 11.3. The Balaban J connectivity index is 1.83. The maximum Gasteiger partial charge on any atom is 0.230 e. The highest BCUT2D eigenvalue weighted by atomic mass is 16.1. The van der Waals surface area contributed by atoms with Crippen molar-refractivity contribution in [3.05, 3.63) is 54.5 Å². The number of fused-ring (bicyclic) bond motifs is 1. The predicted octanol–water partition coefficient (Wildman–Crippen LogP) is 2.14. The molecule has 3 rings (SSSR count). The van der Waals surface area contributed by atoms with Crippen LogP contribution in [0.3, 0.4) is 0 Å². The van der Waals surface area contributed by atoms with Gasteiger partial charge in [0.2, 0.25) is 5.91 Å². The second kappa shape index (κ2) is 4.89. The van der Waals surface area contributed by atoms with E-state index in [2.05, 4.69) is 20.5 Å². The van der Waals surface area contributed by atoms with Gasteiger partial charge >= 0.3 is 0 Å². The summed E-state index contributed by atoms with van der Waals surface area (Å²) in [5, 5.41) is 10.5. The number of aromatic nitrogens is 3. The first-order valence-corrected chi connectivity index (χ1v) is 5.95. The molecule has 0 aliphatic rings. The number of hydrogen-bond acceptors (Lipinski definition) is 3.